The van der Waals surface area contributed by atoms with Crippen molar-refractivity contribution in [3.8, 4) is 0 Å². The van der Waals surface area contributed by atoms with E-state index in [1.807, 2.05) is 6.07 Å². The van der Waals surface area contributed by atoms with Gasteiger partial charge in [0.05, 0.1) is 23.4 Å². The number of hydrogen-bond acceptors (Lipinski definition) is 4. The second-order valence-electron chi connectivity index (χ2n) is 5.18. The Hall–Kier alpha value is -1.69. The third-order valence-electron chi connectivity index (χ3n) is 4.04. The SMILES string of the molecule is CCOC(=O)N1[C@@H]2CCCC(=O)[C@@]21[S@@](=O)c1ccccc1. The molecular formula is C15H17NO4S. The summed E-state index contributed by atoms with van der Waals surface area (Å²) in [5.41, 5.74) is 0. The van der Waals surface area contributed by atoms with Crippen LogP contribution in [0.2, 0.25) is 0 Å². The summed E-state index contributed by atoms with van der Waals surface area (Å²) < 4.78 is 18.0. The summed E-state index contributed by atoms with van der Waals surface area (Å²) in [5.74, 6) is -0.117. The number of rotatable bonds is 3. The zero-order valence-electron chi connectivity index (χ0n) is 11.8. The van der Waals surface area contributed by atoms with Gasteiger partial charge in [-0.15, -0.1) is 0 Å². The molecule has 1 aromatic rings. The molecule has 6 heteroatoms. The predicted molar refractivity (Wildman–Crippen MR) is 77.1 cm³/mol. The fourth-order valence-corrected chi connectivity index (χ4v) is 4.97. The molecule has 1 aliphatic heterocycles. The second kappa shape index (κ2) is 5.26. The Morgan fingerprint density at radius 1 is 1.43 bits per heavy atom. The number of ether oxygens (including phenoxy) is 1. The molecule has 0 aromatic heterocycles. The van der Waals surface area contributed by atoms with Crippen molar-refractivity contribution in [2.75, 3.05) is 6.61 Å². The first kappa shape index (κ1) is 14.3. The summed E-state index contributed by atoms with van der Waals surface area (Å²) in [6, 6.07) is 8.55. The Morgan fingerprint density at radius 2 is 2.14 bits per heavy atom. The lowest BCUT2D eigenvalue weighted by molar-refractivity contribution is -0.120. The van der Waals surface area contributed by atoms with E-state index in [-0.39, 0.29) is 18.4 Å². The molecule has 0 radical (unpaired) electrons. The molecule has 5 nitrogen and oxygen atoms in total. The minimum absolute atomic E-state index is 0.117. The van der Waals surface area contributed by atoms with Crippen LogP contribution in [0.4, 0.5) is 4.79 Å². The maximum Gasteiger partial charge on any atom is 0.411 e. The van der Waals surface area contributed by atoms with E-state index in [0.717, 1.165) is 6.42 Å². The van der Waals surface area contributed by atoms with Crippen LogP contribution in [0.3, 0.4) is 0 Å². The Balaban J connectivity index is 1.97. The van der Waals surface area contributed by atoms with Gasteiger partial charge in [-0.05, 0) is 31.9 Å². The van der Waals surface area contributed by atoms with Crippen molar-refractivity contribution in [3.63, 3.8) is 0 Å². The maximum absolute atomic E-state index is 12.9. The first-order valence-corrected chi connectivity index (χ1v) is 8.25. The van der Waals surface area contributed by atoms with Crippen molar-refractivity contribution in [2.24, 2.45) is 0 Å². The molecule has 1 aromatic carbocycles. The zero-order valence-corrected chi connectivity index (χ0v) is 12.6. The normalized spacial score (nSPS) is 28.7. The van der Waals surface area contributed by atoms with Crippen LogP contribution in [0.1, 0.15) is 26.2 Å². The number of amides is 1. The lowest BCUT2D eigenvalue weighted by Crippen LogP contribution is -2.39. The molecule has 112 valence electrons. The highest BCUT2D eigenvalue weighted by Crippen LogP contribution is 2.53. The Bertz CT molecular complexity index is 603. The monoisotopic (exact) mass is 307 g/mol. The molecule has 1 amide bonds. The highest BCUT2D eigenvalue weighted by molar-refractivity contribution is 7.87. The second-order valence-corrected chi connectivity index (χ2v) is 6.81. The van der Waals surface area contributed by atoms with Crippen molar-refractivity contribution in [2.45, 2.75) is 42.0 Å². The van der Waals surface area contributed by atoms with Gasteiger partial charge in [0.25, 0.3) is 0 Å². The molecule has 1 saturated carbocycles. The molecule has 2 aliphatic rings. The van der Waals surface area contributed by atoms with Crippen molar-refractivity contribution < 1.29 is 18.5 Å². The predicted octanol–water partition coefficient (Wildman–Crippen LogP) is 2.08. The first-order valence-electron chi connectivity index (χ1n) is 7.10. The first-order chi connectivity index (χ1) is 10.1. The molecule has 1 heterocycles. The Morgan fingerprint density at radius 3 is 2.81 bits per heavy atom. The summed E-state index contributed by atoms with van der Waals surface area (Å²) >= 11 is 0. The van der Waals surface area contributed by atoms with Crippen LogP contribution >= 0.6 is 0 Å². The van der Waals surface area contributed by atoms with E-state index in [9.17, 15) is 13.8 Å². The van der Waals surface area contributed by atoms with Gasteiger partial charge >= 0.3 is 6.09 Å². The molecule has 1 saturated heterocycles. The molecule has 21 heavy (non-hydrogen) atoms. The van der Waals surface area contributed by atoms with Gasteiger partial charge in [-0.1, -0.05) is 18.2 Å². The molecule has 0 N–H and O–H groups in total. The average molecular weight is 307 g/mol. The molecule has 0 unspecified atom stereocenters. The van der Waals surface area contributed by atoms with E-state index in [2.05, 4.69) is 0 Å². The number of nitrogens with zero attached hydrogens (tertiary/aromatic N) is 1. The van der Waals surface area contributed by atoms with Crippen molar-refractivity contribution in [1.82, 2.24) is 4.90 Å². The minimum atomic E-state index is -1.57. The number of likely N-dealkylation sites (tertiary alicyclic amines) is 1. The molecule has 3 rings (SSSR count). The van der Waals surface area contributed by atoms with Gasteiger partial charge in [-0.25, -0.2) is 4.79 Å². The maximum atomic E-state index is 12.9. The molecule has 0 spiro atoms. The van der Waals surface area contributed by atoms with Gasteiger partial charge in [0.2, 0.25) is 4.87 Å². The lowest BCUT2D eigenvalue weighted by atomic mass is 9.99. The van der Waals surface area contributed by atoms with Gasteiger partial charge < -0.3 is 4.74 Å². The molecule has 2 fully saturated rings. The third kappa shape index (κ3) is 2.00. The standard InChI is InChI=1S/C15H17NO4S/c1-2-20-14(18)16-12-9-6-10-13(17)15(12,16)21(19)11-7-4-3-5-8-11/h3-5,7-8,12H,2,6,9-10H2,1H3/t12-,15+,16?,21+/m1/s1. The number of ketones is 1. The van der Waals surface area contributed by atoms with Crippen LogP contribution in [0.5, 0.6) is 0 Å². The molecule has 3 atom stereocenters. The van der Waals surface area contributed by atoms with Crippen LogP contribution in [0, 0.1) is 0 Å². The number of Topliss-reactive ketones (excluding diaryl/α,β-unsaturated/α-hetero) is 1. The van der Waals surface area contributed by atoms with Crippen LogP contribution < -0.4 is 0 Å². The van der Waals surface area contributed by atoms with E-state index >= 15 is 0 Å². The molecule has 0 bridgehead atoms. The largest absolute Gasteiger partial charge is 0.450 e. The number of carbonyl (C=O) groups is 2. The summed E-state index contributed by atoms with van der Waals surface area (Å²) in [6.45, 7) is 1.96. The number of carbonyl (C=O) groups excluding carboxylic acids is 2. The third-order valence-corrected chi connectivity index (χ3v) is 6.00. The van der Waals surface area contributed by atoms with Crippen LogP contribution in [0.15, 0.2) is 35.2 Å². The van der Waals surface area contributed by atoms with Gasteiger partial charge in [-0.3, -0.25) is 13.9 Å². The number of benzene rings is 1. The van der Waals surface area contributed by atoms with E-state index in [0.29, 0.717) is 17.7 Å². The zero-order chi connectivity index (χ0) is 15.0. The van der Waals surface area contributed by atoms with E-state index < -0.39 is 21.8 Å². The summed E-state index contributed by atoms with van der Waals surface area (Å²) in [4.78, 5) is 25.3. The molecular weight excluding hydrogens is 290 g/mol. The highest BCUT2D eigenvalue weighted by Gasteiger charge is 2.75. The van der Waals surface area contributed by atoms with Crippen molar-refractivity contribution in [1.29, 1.82) is 0 Å². The molecule has 1 aliphatic carbocycles. The van der Waals surface area contributed by atoms with Gasteiger partial charge in [0.1, 0.15) is 0 Å². The summed E-state index contributed by atoms with van der Waals surface area (Å²) in [6.07, 6.45) is 1.25. The van der Waals surface area contributed by atoms with E-state index in [1.165, 1.54) is 4.90 Å². The smallest absolute Gasteiger partial charge is 0.411 e. The van der Waals surface area contributed by atoms with Gasteiger partial charge in [0.15, 0.2) is 5.78 Å². The van der Waals surface area contributed by atoms with Crippen molar-refractivity contribution in [3.05, 3.63) is 30.3 Å². The summed E-state index contributed by atoms with van der Waals surface area (Å²) in [7, 11) is -1.57. The number of hydrogen-bond donors (Lipinski definition) is 0. The highest BCUT2D eigenvalue weighted by atomic mass is 32.2. The van der Waals surface area contributed by atoms with Crippen LogP contribution in [-0.4, -0.2) is 38.5 Å². The Kier molecular flexibility index (Phi) is 3.57. The fraction of sp³-hybridized carbons (Fsp3) is 0.467. The quantitative estimate of drug-likeness (QED) is 0.802. The topological polar surface area (TPSA) is 63.5 Å². The van der Waals surface area contributed by atoms with Crippen LogP contribution in [-0.2, 0) is 20.3 Å². The Labute approximate surface area is 125 Å². The van der Waals surface area contributed by atoms with E-state index in [1.54, 1.807) is 31.2 Å². The summed E-state index contributed by atoms with van der Waals surface area (Å²) in [5, 5.41) is 0. The van der Waals surface area contributed by atoms with Crippen molar-refractivity contribution >= 4 is 22.7 Å². The van der Waals surface area contributed by atoms with Gasteiger partial charge in [0, 0.05) is 11.3 Å². The fourth-order valence-electron chi connectivity index (χ4n) is 3.10. The van der Waals surface area contributed by atoms with Gasteiger partial charge in [-0.2, -0.15) is 0 Å². The van der Waals surface area contributed by atoms with Crippen LogP contribution in [0.25, 0.3) is 0 Å². The lowest BCUT2D eigenvalue weighted by Gasteiger charge is -2.18. The van der Waals surface area contributed by atoms with E-state index in [4.69, 9.17) is 4.74 Å². The average Bonchev–Trinajstić information content (AvgIpc) is 3.19. The number of fused-ring (bicyclic) bond motifs is 1. The minimum Gasteiger partial charge on any atom is -0.450 e.